The van der Waals surface area contributed by atoms with Crippen LogP contribution in [0.4, 0.5) is 0 Å². The fourth-order valence-corrected chi connectivity index (χ4v) is 0.840. The van der Waals surface area contributed by atoms with Gasteiger partial charge in [-0.05, 0) is 6.42 Å². The number of hydrogen-bond acceptors (Lipinski definition) is 4. The third kappa shape index (κ3) is 3.02. The molecule has 0 saturated heterocycles. The predicted octanol–water partition coefficient (Wildman–Crippen LogP) is 0.535. The lowest BCUT2D eigenvalue weighted by Crippen LogP contribution is -2.25. The van der Waals surface area contributed by atoms with Crippen LogP contribution in [0.5, 0.6) is 0 Å². The van der Waals surface area contributed by atoms with Crippen molar-refractivity contribution in [1.82, 2.24) is 10.5 Å². The Kier molecular flexibility index (Phi) is 3.76. The standard InChI is InChI=1S/C8H14N2O2/c1-2-7(11)5-9-6-8-3-4-10-12-8/h3-4,7,9,11H,2,5-6H2,1H3. The lowest BCUT2D eigenvalue weighted by molar-refractivity contribution is 0.166. The van der Waals surface area contributed by atoms with Gasteiger partial charge in [-0.2, -0.15) is 0 Å². The molecule has 0 bridgehead atoms. The van der Waals surface area contributed by atoms with Crippen molar-refractivity contribution in [2.45, 2.75) is 26.0 Å². The van der Waals surface area contributed by atoms with E-state index in [0.29, 0.717) is 13.1 Å². The molecule has 1 aromatic heterocycles. The molecule has 0 aliphatic rings. The number of aliphatic hydroxyl groups excluding tert-OH is 1. The molecule has 1 rings (SSSR count). The zero-order chi connectivity index (χ0) is 8.81. The van der Waals surface area contributed by atoms with E-state index in [4.69, 9.17) is 4.52 Å². The van der Waals surface area contributed by atoms with Crippen molar-refractivity contribution in [1.29, 1.82) is 0 Å². The van der Waals surface area contributed by atoms with Crippen LogP contribution in [0, 0.1) is 0 Å². The van der Waals surface area contributed by atoms with Gasteiger partial charge in [0.1, 0.15) is 5.76 Å². The third-order valence-electron chi connectivity index (χ3n) is 1.64. The van der Waals surface area contributed by atoms with E-state index >= 15 is 0 Å². The number of aromatic nitrogens is 1. The average Bonchev–Trinajstić information content (AvgIpc) is 2.57. The smallest absolute Gasteiger partial charge is 0.150 e. The van der Waals surface area contributed by atoms with Gasteiger partial charge in [-0.25, -0.2) is 0 Å². The molecule has 2 N–H and O–H groups in total. The maximum atomic E-state index is 9.18. The summed E-state index contributed by atoms with van der Waals surface area (Å²) in [5, 5.41) is 15.8. The van der Waals surface area contributed by atoms with E-state index in [0.717, 1.165) is 12.2 Å². The Bertz CT molecular complexity index is 199. The molecular weight excluding hydrogens is 156 g/mol. The first-order valence-corrected chi connectivity index (χ1v) is 4.11. The fourth-order valence-electron chi connectivity index (χ4n) is 0.840. The summed E-state index contributed by atoms with van der Waals surface area (Å²) in [5.74, 6) is 0.790. The molecule has 0 saturated carbocycles. The monoisotopic (exact) mass is 170 g/mol. The van der Waals surface area contributed by atoms with Crippen molar-refractivity contribution < 1.29 is 9.63 Å². The van der Waals surface area contributed by atoms with E-state index in [1.165, 1.54) is 0 Å². The summed E-state index contributed by atoms with van der Waals surface area (Å²) in [5.41, 5.74) is 0. The molecule has 0 spiro atoms. The molecule has 1 unspecified atom stereocenters. The Morgan fingerprint density at radius 2 is 2.58 bits per heavy atom. The highest BCUT2D eigenvalue weighted by atomic mass is 16.5. The Labute approximate surface area is 71.6 Å². The second kappa shape index (κ2) is 4.90. The molecule has 0 amide bonds. The van der Waals surface area contributed by atoms with E-state index in [2.05, 4.69) is 10.5 Å². The Morgan fingerprint density at radius 3 is 3.17 bits per heavy atom. The van der Waals surface area contributed by atoms with Gasteiger partial charge in [0, 0.05) is 12.6 Å². The summed E-state index contributed by atoms with van der Waals surface area (Å²) in [6.07, 6.45) is 2.10. The van der Waals surface area contributed by atoms with Crippen molar-refractivity contribution in [2.24, 2.45) is 0 Å². The quantitative estimate of drug-likeness (QED) is 0.677. The van der Waals surface area contributed by atoms with E-state index < -0.39 is 0 Å². The molecule has 68 valence electrons. The molecule has 0 aliphatic carbocycles. The molecule has 0 aliphatic heterocycles. The second-order valence-electron chi connectivity index (χ2n) is 2.67. The number of rotatable bonds is 5. The van der Waals surface area contributed by atoms with Gasteiger partial charge in [0.25, 0.3) is 0 Å². The van der Waals surface area contributed by atoms with Crippen molar-refractivity contribution in [3.05, 3.63) is 18.0 Å². The zero-order valence-corrected chi connectivity index (χ0v) is 7.16. The molecule has 1 atom stereocenters. The average molecular weight is 170 g/mol. The van der Waals surface area contributed by atoms with Crippen LogP contribution in [0.3, 0.4) is 0 Å². The van der Waals surface area contributed by atoms with Gasteiger partial charge in [0.2, 0.25) is 0 Å². The number of nitrogens with one attached hydrogen (secondary N) is 1. The molecular formula is C8H14N2O2. The molecule has 0 aromatic carbocycles. The minimum Gasteiger partial charge on any atom is -0.392 e. The summed E-state index contributed by atoms with van der Waals surface area (Å²) >= 11 is 0. The van der Waals surface area contributed by atoms with E-state index in [1.54, 1.807) is 12.3 Å². The van der Waals surface area contributed by atoms with Crippen LogP contribution in [0.25, 0.3) is 0 Å². The van der Waals surface area contributed by atoms with E-state index in [-0.39, 0.29) is 6.10 Å². The number of hydrogen-bond donors (Lipinski definition) is 2. The molecule has 0 fully saturated rings. The molecule has 0 radical (unpaired) electrons. The first-order valence-electron chi connectivity index (χ1n) is 4.11. The van der Waals surface area contributed by atoms with Gasteiger partial charge in [0.15, 0.2) is 0 Å². The van der Waals surface area contributed by atoms with Crippen molar-refractivity contribution in [3.8, 4) is 0 Å². The summed E-state index contributed by atoms with van der Waals surface area (Å²) in [6, 6.07) is 1.80. The van der Waals surface area contributed by atoms with Gasteiger partial charge in [-0.15, -0.1) is 0 Å². The number of aliphatic hydroxyl groups is 1. The minimum atomic E-state index is -0.270. The fraction of sp³-hybridized carbons (Fsp3) is 0.625. The summed E-state index contributed by atoms with van der Waals surface area (Å²) in [6.45, 7) is 3.16. The predicted molar refractivity (Wildman–Crippen MR) is 44.5 cm³/mol. The molecule has 4 heteroatoms. The van der Waals surface area contributed by atoms with Crippen LogP contribution in [0.15, 0.2) is 16.8 Å². The van der Waals surface area contributed by atoms with Gasteiger partial charge >= 0.3 is 0 Å². The van der Waals surface area contributed by atoms with Crippen LogP contribution in [-0.4, -0.2) is 22.9 Å². The van der Waals surface area contributed by atoms with Crippen molar-refractivity contribution in [3.63, 3.8) is 0 Å². The lowest BCUT2D eigenvalue weighted by Gasteiger charge is -2.06. The van der Waals surface area contributed by atoms with E-state index in [9.17, 15) is 5.11 Å². The Morgan fingerprint density at radius 1 is 1.75 bits per heavy atom. The first kappa shape index (κ1) is 9.22. The van der Waals surface area contributed by atoms with Gasteiger partial charge < -0.3 is 14.9 Å². The third-order valence-corrected chi connectivity index (χ3v) is 1.64. The molecule has 1 aromatic rings. The molecule has 4 nitrogen and oxygen atoms in total. The van der Waals surface area contributed by atoms with Crippen LogP contribution in [0.2, 0.25) is 0 Å². The maximum Gasteiger partial charge on any atom is 0.150 e. The van der Waals surface area contributed by atoms with Crippen molar-refractivity contribution in [2.75, 3.05) is 6.54 Å². The minimum absolute atomic E-state index is 0.270. The van der Waals surface area contributed by atoms with E-state index in [1.807, 2.05) is 6.92 Å². The van der Waals surface area contributed by atoms with Crippen molar-refractivity contribution >= 4 is 0 Å². The molecule has 1 heterocycles. The van der Waals surface area contributed by atoms with Crippen LogP contribution >= 0.6 is 0 Å². The normalized spacial score (nSPS) is 13.2. The topological polar surface area (TPSA) is 58.3 Å². The first-order chi connectivity index (χ1) is 5.83. The maximum absolute atomic E-state index is 9.18. The highest BCUT2D eigenvalue weighted by Gasteiger charge is 2.00. The van der Waals surface area contributed by atoms with Crippen LogP contribution in [-0.2, 0) is 6.54 Å². The van der Waals surface area contributed by atoms with Crippen LogP contribution in [0.1, 0.15) is 19.1 Å². The van der Waals surface area contributed by atoms with Gasteiger partial charge in [0.05, 0.1) is 18.8 Å². The highest BCUT2D eigenvalue weighted by Crippen LogP contribution is 1.95. The van der Waals surface area contributed by atoms with Crippen LogP contribution < -0.4 is 5.32 Å². The molecule has 12 heavy (non-hydrogen) atoms. The number of nitrogens with zero attached hydrogens (tertiary/aromatic N) is 1. The van der Waals surface area contributed by atoms with Gasteiger partial charge in [-0.1, -0.05) is 12.1 Å². The largest absolute Gasteiger partial charge is 0.392 e. The Hall–Kier alpha value is -0.870. The zero-order valence-electron chi connectivity index (χ0n) is 7.16. The highest BCUT2D eigenvalue weighted by molar-refractivity contribution is 4.91. The van der Waals surface area contributed by atoms with Gasteiger partial charge in [-0.3, -0.25) is 0 Å². The Balaban J connectivity index is 2.11. The summed E-state index contributed by atoms with van der Waals surface area (Å²) in [4.78, 5) is 0. The second-order valence-corrected chi connectivity index (χ2v) is 2.67. The summed E-state index contributed by atoms with van der Waals surface area (Å²) in [7, 11) is 0. The summed E-state index contributed by atoms with van der Waals surface area (Å²) < 4.78 is 4.85. The lowest BCUT2D eigenvalue weighted by atomic mass is 10.3. The SMILES string of the molecule is CCC(O)CNCc1ccno1.